The standard InChI is InChI=1S/C26H32ClN5O2/c1-17-6-8-19(9-7-17)15-32-24-23(20-4-3-5-21(27)14-20)28-22(10-12-33)29-25(24)30-26(32)31-11-13-34-16-18(31)2/h3-5,12,14,17-19H,6-11,13,15-16H2,1-2H3/t17?,18-,19?/m1/s1. The van der Waals surface area contributed by atoms with Crippen LogP contribution in [0.2, 0.25) is 5.02 Å². The third kappa shape index (κ3) is 4.68. The molecular formula is C26H32ClN5O2. The van der Waals surface area contributed by atoms with Crippen molar-refractivity contribution in [1.82, 2.24) is 19.5 Å². The quantitative estimate of drug-likeness (QED) is 0.464. The van der Waals surface area contributed by atoms with Crippen molar-refractivity contribution in [2.24, 2.45) is 11.8 Å². The smallest absolute Gasteiger partial charge is 0.208 e. The predicted octanol–water partition coefficient (Wildman–Crippen LogP) is 4.94. The van der Waals surface area contributed by atoms with Crippen LogP contribution in [0.5, 0.6) is 0 Å². The summed E-state index contributed by atoms with van der Waals surface area (Å²) >= 11 is 6.36. The second kappa shape index (κ2) is 10.0. The Hall–Kier alpha value is -2.51. The summed E-state index contributed by atoms with van der Waals surface area (Å²) in [6.45, 7) is 7.54. The van der Waals surface area contributed by atoms with Gasteiger partial charge in [0.05, 0.1) is 25.7 Å². The minimum absolute atomic E-state index is 0.153. The number of halogens is 1. The van der Waals surface area contributed by atoms with Gasteiger partial charge >= 0.3 is 0 Å². The zero-order chi connectivity index (χ0) is 23.7. The van der Waals surface area contributed by atoms with E-state index in [1.165, 1.54) is 25.7 Å². The van der Waals surface area contributed by atoms with Gasteiger partial charge in [0.25, 0.3) is 0 Å². The van der Waals surface area contributed by atoms with Gasteiger partial charge in [-0.1, -0.05) is 43.5 Å². The van der Waals surface area contributed by atoms with E-state index in [1.807, 2.05) is 24.3 Å². The molecule has 3 aromatic rings. The largest absolute Gasteiger partial charge is 0.377 e. The molecule has 1 aromatic carbocycles. The van der Waals surface area contributed by atoms with Crippen molar-refractivity contribution in [2.75, 3.05) is 24.7 Å². The minimum Gasteiger partial charge on any atom is -0.377 e. The van der Waals surface area contributed by atoms with E-state index >= 15 is 0 Å². The Morgan fingerprint density at radius 1 is 1.15 bits per heavy atom. The average molecular weight is 482 g/mol. The van der Waals surface area contributed by atoms with Crippen LogP contribution in [-0.2, 0) is 22.5 Å². The number of fused-ring (bicyclic) bond motifs is 1. The number of rotatable bonds is 6. The van der Waals surface area contributed by atoms with Crippen molar-refractivity contribution < 1.29 is 9.53 Å². The molecule has 0 radical (unpaired) electrons. The lowest BCUT2D eigenvalue weighted by atomic mass is 9.83. The highest BCUT2D eigenvalue weighted by atomic mass is 35.5. The summed E-state index contributed by atoms with van der Waals surface area (Å²) in [7, 11) is 0. The fraction of sp³-hybridized carbons (Fsp3) is 0.538. The molecule has 2 aliphatic rings. The number of imidazole rings is 1. The molecule has 1 saturated heterocycles. The zero-order valence-corrected chi connectivity index (χ0v) is 20.7. The van der Waals surface area contributed by atoms with Crippen LogP contribution in [0.4, 0.5) is 5.95 Å². The van der Waals surface area contributed by atoms with Crippen molar-refractivity contribution in [1.29, 1.82) is 0 Å². The second-order valence-corrected chi connectivity index (χ2v) is 10.2. The summed E-state index contributed by atoms with van der Waals surface area (Å²) in [4.78, 5) is 28.3. The molecule has 0 bridgehead atoms. The third-order valence-corrected chi connectivity index (χ3v) is 7.43. The molecule has 1 saturated carbocycles. The van der Waals surface area contributed by atoms with E-state index in [-0.39, 0.29) is 12.5 Å². The third-order valence-electron chi connectivity index (χ3n) is 7.19. The molecule has 180 valence electrons. The topological polar surface area (TPSA) is 73.1 Å². The molecule has 1 aliphatic carbocycles. The maximum absolute atomic E-state index is 11.3. The molecule has 2 aromatic heterocycles. The van der Waals surface area contributed by atoms with Gasteiger partial charge in [-0.3, -0.25) is 0 Å². The number of nitrogens with zero attached hydrogens (tertiary/aromatic N) is 5. The first-order valence-corrected chi connectivity index (χ1v) is 12.7. The lowest BCUT2D eigenvalue weighted by Gasteiger charge is -2.35. The van der Waals surface area contributed by atoms with Crippen molar-refractivity contribution in [3.8, 4) is 11.3 Å². The number of aromatic nitrogens is 4. The van der Waals surface area contributed by atoms with Gasteiger partial charge in [0.15, 0.2) is 5.65 Å². The molecule has 0 amide bonds. The average Bonchev–Trinajstić information content (AvgIpc) is 3.18. The molecule has 8 heteroatoms. The van der Waals surface area contributed by atoms with Crippen molar-refractivity contribution in [2.45, 2.75) is 58.5 Å². The predicted molar refractivity (Wildman–Crippen MR) is 134 cm³/mol. The molecule has 0 spiro atoms. The number of carbonyl (C=O) groups excluding carboxylic acids is 1. The Morgan fingerprint density at radius 3 is 2.71 bits per heavy atom. The molecule has 1 atom stereocenters. The number of hydrogen-bond acceptors (Lipinski definition) is 6. The molecule has 34 heavy (non-hydrogen) atoms. The fourth-order valence-electron chi connectivity index (χ4n) is 5.26. The van der Waals surface area contributed by atoms with Crippen LogP contribution in [0, 0.1) is 11.8 Å². The molecule has 3 heterocycles. The first-order valence-electron chi connectivity index (χ1n) is 12.3. The number of anilines is 1. The number of morpholine rings is 1. The van der Waals surface area contributed by atoms with Gasteiger partial charge in [-0.15, -0.1) is 0 Å². The van der Waals surface area contributed by atoms with E-state index in [2.05, 4.69) is 23.3 Å². The monoisotopic (exact) mass is 481 g/mol. The Labute approximate surface area is 205 Å². The van der Waals surface area contributed by atoms with Crippen molar-refractivity contribution in [3.05, 3.63) is 35.1 Å². The van der Waals surface area contributed by atoms with Crippen LogP contribution >= 0.6 is 11.6 Å². The van der Waals surface area contributed by atoms with E-state index in [0.29, 0.717) is 35.6 Å². The summed E-state index contributed by atoms with van der Waals surface area (Å²) in [5.74, 6) is 2.79. The molecule has 0 N–H and O–H groups in total. The highest BCUT2D eigenvalue weighted by molar-refractivity contribution is 6.30. The SMILES string of the molecule is CC1CCC(Cn2c(N3CCOC[C@H]3C)nc3nc(CC=O)nc(-c4cccc(Cl)c4)c32)CC1. The van der Waals surface area contributed by atoms with Crippen LogP contribution < -0.4 is 4.90 Å². The Kier molecular flexibility index (Phi) is 6.84. The van der Waals surface area contributed by atoms with Crippen LogP contribution in [0.1, 0.15) is 45.4 Å². The summed E-state index contributed by atoms with van der Waals surface area (Å²) in [6.07, 6.45) is 5.96. The maximum atomic E-state index is 11.3. The number of benzene rings is 1. The van der Waals surface area contributed by atoms with Crippen LogP contribution in [0.3, 0.4) is 0 Å². The van der Waals surface area contributed by atoms with Crippen LogP contribution in [-0.4, -0.2) is 51.6 Å². The Morgan fingerprint density at radius 2 is 1.97 bits per heavy atom. The second-order valence-electron chi connectivity index (χ2n) is 9.81. The van der Waals surface area contributed by atoms with Gasteiger partial charge < -0.3 is 19.0 Å². The molecule has 5 rings (SSSR count). The van der Waals surface area contributed by atoms with Gasteiger partial charge in [0, 0.05) is 23.7 Å². The minimum atomic E-state index is 0.153. The number of aldehydes is 1. The van der Waals surface area contributed by atoms with Crippen molar-refractivity contribution in [3.63, 3.8) is 0 Å². The van der Waals surface area contributed by atoms with E-state index < -0.39 is 0 Å². The molecule has 0 unspecified atom stereocenters. The molecule has 1 aliphatic heterocycles. The number of ether oxygens (including phenoxy) is 1. The van der Waals surface area contributed by atoms with Crippen LogP contribution in [0.25, 0.3) is 22.4 Å². The maximum Gasteiger partial charge on any atom is 0.208 e. The van der Waals surface area contributed by atoms with Gasteiger partial charge in [-0.2, -0.15) is 4.98 Å². The summed E-state index contributed by atoms with van der Waals surface area (Å²) in [5.41, 5.74) is 3.25. The van der Waals surface area contributed by atoms with E-state index in [1.54, 1.807) is 0 Å². The van der Waals surface area contributed by atoms with Gasteiger partial charge in [-0.25, -0.2) is 9.97 Å². The summed E-state index contributed by atoms with van der Waals surface area (Å²) in [6, 6.07) is 7.93. The lowest BCUT2D eigenvalue weighted by Crippen LogP contribution is -2.45. The highest BCUT2D eigenvalue weighted by Crippen LogP contribution is 2.36. The van der Waals surface area contributed by atoms with E-state index in [4.69, 9.17) is 31.3 Å². The molecule has 2 fully saturated rings. The van der Waals surface area contributed by atoms with Crippen LogP contribution in [0.15, 0.2) is 24.3 Å². The Bertz CT molecular complexity index is 1170. The van der Waals surface area contributed by atoms with E-state index in [9.17, 15) is 4.79 Å². The number of carbonyl (C=O) groups is 1. The van der Waals surface area contributed by atoms with Gasteiger partial charge in [0.1, 0.15) is 23.3 Å². The number of hydrogen-bond donors (Lipinski definition) is 0. The zero-order valence-electron chi connectivity index (χ0n) is 19.9. The lowest BCUT2D eigenvalue weighted by molar-refractivity contribution is -0.107. The normalized spacial score (nSPS) is 23.4. The summed E-state index contributed by atoms with van der Waals surface area (Å²) in [5, 5.41) is 0.649. The Balaban J connectivity index is 1.70. The highest BCUT2D eigenvalue weighted by Gasteiger charge is 2.29. The summed E-state index contributed by atoms with van der Waals surface area (Å²) < 4.78 is 8.04. The molecular weight excluding hydrogens is 450 g/mol. The first-order chi connectivity index (χ1) is 16.5. The van der Waals surface area contributed by atoms with Gasteiger partial charge in [0.2, 0.25) is 5.95 Å². The fourth-order valence-corrected chi connectivity index (χ4v) is 5.45. The van der Waals surface area contributed by atoms with Gasteiger partial charge in [-0.05, 0) is 43.7 Å². The molecule has 7 nitrogen and oxygen atoms in total. The van der Waals surface area contributed by atoms with E-state index in [0.717, 1.165) is 48.0 Å². The van der Waals surface area contributed by atoms with Crippen molar-refractivity contribution >= 4 is 35.0 Å². The first kappa shape index (κ1) is 23.2.